The van der Waals surface area contributed by atoms with Gasteiger partial charge in [-0.15, -0.1) is 11.6 Å². The van der Waals surface area contributed by atoms with Crippen molar-refractivity contribution in [3.05, 3.63) is 0 Å². The molecule has 0 bridgehead atoms. The zero-order valence-electron chi connectivity index (χ0n) is 8.31. The molecule has 12 heavy (non-hydrogen) atoms. The van der Waals surface area contributed by atoms with Crippen molar-refractivity contribution in [2.24, 2.45) is 0 Å². The van der Waals surface area contributed by atoms with Crippen LogP contribution >= 0.6 is 11.6 Å². The van der Waals surface area contributed by atoms with E-state index in [-0.39, 0.29) is 4.87 Å². The first-order valence-corrected chi connectivity index (χ1v) is 5.26. The molecule has 0 atom stereocenters. The molecular weight excluding hydrogens is 170 g/mol. The summed E-state index contributed by atoms with van der Waals surface area (Å²) < 4.78 is 0. The third kappa shape index (κ3) is 3.32. The highest BCUT2D eigenvalue weighted by molar-refractivity contribution is 6.23. The van der Waals surface area contributed by atoms with Crippen LogP contribution in [0.15, 0.2) is 0 Å². The summed E-state index contributed by atoms with van der Waals surface area (Å²) in [7, 11) is 0. The molecule has 71 valence electrons. The molecular formula is C10H19ClN. The molecule has 0 heterocycles. The molecule has 0 amide bonds. The van der Waals surface area contributed by atoms with Crippen LogP contribution in [-0.4, -0.2) is 17.0 Å². The van der Waals surface area contributed by atoms with Crippen molar-refractivity contribution in [3.8, 4) is 0 Å². The van der Waals surface area contributed by atoms with Gasteiger partial charge in [0, 0.05) is 17.0 Å². The van der Waals surface area contributed by atoms with E-state index in [2.05, 4.69) is 26.1 Å². The Hall–Kier alpha value is 0.250. The number of alkyl halides is 1. The van der Waals surface area contributed by atoms with Crippen LogP contribution in [0, 0.1) is 0 Å². The third-order valence-electron chi connectivity index (χ3n) is 2.51. The number of nitrogens with zero attached hydrogens (tertiary/aromatic N) is 1. The average molecular weight is 189 g/mol. The molecule has 0 aliphatic heterocycles. The fourth-order valence-electron chi connectivity index (χ4n) is 1.78. The van der Waals surface area contributed by atoms with Crippen molar-refractivity contribution in [3.63, 3.8) is 0 Å². The minimum absolute atomic E-state index is 0.0585. The first-order valence-electron chi connectivity index (χ1n) is 4.88. The first kappa shape index (κ1) is 10.3. The lowest BCUT2D eigenvalue weighted by atomic mass is 9.86. The van der Waals surface area contributed by atoms with Gasteiger partial charge in [-0.05, 0) is 46.5 Å². The molecule has 1 rings (SSSR count). The van der Waals surface area contributed by atoms with Gasteiger partial charge in [0.15, 0.2) is 0 Å². The minimum Gasteiger partial charge on any atom is -0.236 e. The van der Waals surface area contributed by atoms with E-state index in [1.165, 1.54) is 12.8 Å². The smallest absolute Gasteiger partial charge is 0.0420 e. The second-order valence-electron chi connectivity index (χ2n) is 4.39. The second kappa shape index (κ2) is 3.97. The van der Waals surface area contributed by atoms with Crippen LogP contribution in [0.2, 0.25) is 0 Å². The van der Waals surface area contributed by atoms with Crippen LogP contribution in [-0.2, 0) is 0 Å². The van der Waals surface area contributed by atoms with Crippen LogP contribution in [0.1, 0.15) is 46.5 Å². The zero-order valence-corrected chi connectivity index (χ0v) is 9.06. The molecule has 0 spiro atoms. The fourth-order valence-corrected chi connectivity index (χ4v) is 1.99. The maximum absolute atomic E-state index is 6.23. The van der Waals surface area contributed by atoms with Gasteiger partial charge in [-0.1, -0.05) is 0 Å². The van der Waals surface area contributed by atoms with E-state index in [4.69, 9.17) is 11.6 Å². The summed E-state index contributed by atoms with van der Waals surface area (Å²) >= 11 is 6.23. The number of rotatable bonds is 2. The van der Waals surface area contributed by atoms with Gasteiger partial charge in [-0.25, -0.2) is 5.32 Å². The Bertz CT molecular complexity index is 133. The maximum Gasteiger partial charge on any atom is 0.0420 e. The second-order valence-corrected chi connectivity index (χ2v) is 5.30. The highest BCUT2D eigenvalue weighted by Gasteiger charge is 2.29. The molecule has 0 N–H and O–H groups in total. The first-order chi connectivity index (χ1) is 5.49. The van der Waals surface area contributed by atoms with Crippen LogP contribution in [0.4, 0.5) is 0 Å². The Balaban J connectivity index is 2.27. The molecule has 1 fully saturated rings. The Labute approximate surface area is 80.9 Å². The van der Waals surface area contributed by atoms with Gasteiger partial charge < -0.3 is 0 Å². The van der Waals surface area contributed by atoms with Crippen LogP contribution in [0.25, 0.3) is 0 Å². The summed E-state index contributed by atoms with van der Waals surface area (Å²) in [5.74, 6) is 0. The summed E-state index contributed by atoms with van der Waals surface area (Å²) in [4.78, 5) is 0.0585. The average Bonchev–Trinajstić information content (AvgIpc) is 1.93. The molecule has 0 unspecified atom stereocenters. The van der Waals surface area contributed by atoms with Crippen molar-refractivity contribution in [2.75, 3.05) is 0 Å². The maximum atomic E-state index is 6.23. The van der Waals surface area contributed by atoms with Gasteiger partial charge >= 0.3 is 0 Å². The van der Waals surface area contributed by atoms with E-state index >= 15 is 0 Å². The summed E-state index contributed by atoms with van der Waals surface area (Å²) in [6.45, 7) is 6.43. The van der Waals surface area contributed by atoms with Crippen molar-refractivity contribution in [1.82, 2.24) is 5.32 Å². The van der Waals surface area contributed by atoms with E-state index in [0.29, 0.717) is 12.1 Å². The van der Waals surface area contributed by atoms with E-state index in [0.717, 1.165) is 12.8 Å². The van der Waals surface area contributed by atoms with Crippen molar-refractivity contribution >= 4 is 11.6 Å². The fraction of sp³-hybridized carbons (Fsp3) is 1.00. The zero-order chi connectivity index (χ0) is 9.19. The lowest BCUT2D eigenvalue weighted by Crippen LogP contribution is -2.35. The summed E-state index contributed by atoms with van der Waals surface area (Å²) in [5.41, 5.74) is 0. The lowest BCUT2D eigenvalue weighted by Gasteiger charge is -2.32. The Morgan fingerprint density at radius 3 is 2.25 bits per heavy atom. The molecule has 0 saturated heterocycles. The number of hydrogen-bond acceptors (Lipinski definition) is 0. The lowest BCUT2D eigenvalue weighted by molar-refractivity contribution is 0.306. The number of hydrogen-bond donors (Lipinski definition) is 0. The Morgan fingerprint density at radius 1 is 1.33 bits per heavy atom. The molecule has 0 aromatic rings. The molecule has 1 aliphatic carbocycles. The molecule has 0 aromatic heterocycles. The van der Waals surface area contributed by atoms with Crippen LogP contribution in [0.3, 0.4) is 0 Å². The molecule has 0 aromatic carbocycles. The summed E-state index contributed by atoms with van der Waals surface area (Å²) in [6.07, 6.45) is 4.60. The monoisotopic (exact) mass is 188 g/mol. The largest absolute Gasteiger partial charge is 0.236 e. The van der Waals surface area contributed by atoms with Gasteiger partial charge in [0.25, 0.3) is 0 Å². The van der Waals surface area contributed by atoms with Gasteiger partial charge in [-0.2, -0.15) is 0 Å². The predicted molar refractivity (Wildman–Crippen MR) is 53.8 cm³/mol. The van der Waals surface area contributed by atoms with Gasteiger partial charge in [0.1, 0.15) is 0 Å². The Kier molecular flexibility index (Phi) is 3.42. The minimum atomic E-state index is 0.0585. The molecule has 1 radical (unpaired) electrons. The Morgan fingerprint density at radius 2 is 1.83 bits per heavy atom. The van der Waals surface area contributed by atoms with Gasteiger partial charge in [0.05, 0.1) is 0 Å². The van der Waals surface area contributed by atoms with E-state index in [1.807, 2.05) is 0 Å². The normalized spacial score (nSPS) is 37.2. The molecule has 1 nitrogen and oxygen atoms in total. The molecule has 1 saturated carbocycles. The summed E-state index contributed by atoms with van der Waals surface area (Å²) in [6, 6.07) is 1.06. The predicted octanol–water partition coefficient (Wildman–Crippen LogP) is 2.94. The van der Waals surface area contributed by atoms with Crippen LogP contribution < -0.4 is 5.32 Å². The quantitative estimate of drug-likeness (QED) is 0.592. The van der Waals surface area contributed by atoms with Gasteiger partial charge in [0.2, 0.25) is 0 Å². The molecule has 1 aliphatic rings. The van der Waals surface area contributed by atoms with E-state index in [1.54, 1.807) is 0 Å². The van der Waals surface area contributed by atoms with Crippen molar-refractivity contribution < 1.29 is 0 Å². The highest BCUT2D eigenvalue weighted by atomic mass is 35.5. The van der Waals surface area contributed by atoms with E-state index in [9.17, 15) is 0 Å². The summed E-state index contributed by atoms with van der Waals surface area (Å²) in [5, 5.41) is 4.64. The highest BCUT2D eigenvalue weighted by Crippen LogP contribution is 2.33. The topological polar surface area (TPSA) is 14.1 Å². The molecule has 2 heteroatoms. The SMILES string of the molecule is CC(C)[N]C1CCC(C)(Cl)CC1. The van der Waals surface area contributed by atoms with Gasteiger partial charge in [-0.3, -0.25) is 0 Å². The standard InChI is InChI=1S/C10H19ClN/c1-8(2)12-9-4-6-10(3,11)7-5-9/h8-9H,4-7H2,1-3H3. The van der Waals surface area contributed by atoms with Crippen molar-refractivity contribution in [2.45, 2.75) is 63.4 Å². The van der Waals surface area contributed by atoms with Crippen LogP contribution in [0.5, 0.6) is 0 Å². The number of halogens is 1. The van der Waals surface area contributed by atoms with E-state index < -0.39 is 0 Å². The third-order valence-corrected chi connectivity index (χ3v) is 2.88. The van der Waals surface area contributed by atoms with Crippen molar-refractivity contribution in [1.29, 1.82) is 0 Å².